The number of aromatic nitrogens is 1. The molecule has 1 N–H and O–H groups in total. The van der Waals surface area contributed by atoms with Crippen LogP contribution in [0.3, 0.4) is 0 Å². The smallest absolute Gasteiger partial charge is 0.282 e. The largest absolute Gasteiger partial charge is 0.290 e. The summed E-state index contributed by atoms with van der Waals surface area (Å²) in [5, 5.41) is 2.89. The molecule has 0 radical (unpaired) electrons. The summed E-state index contributed by atoms with van der Waals surface area (Å²) < 4.78 is 0. The number of hydrogen-bond acceptors (Lipinski definition) is 4. The lowest BCUT2D eigenvalue weighted by atomic mass is 10.1. The van der Waals surface area contributed by atoms with E-state index in [1.165, 1.54) is 0 Å². The van der Waals surface area contributed by atoms with E-state index in [4.69, 9.17) is 0 Å². The van der Waals surface area contributed by atoms with E-state index in [1.54, 1.807) is 12.3 Å². The van der Waals surface area contributed by atoms with Crippen molar-refractivity contribution in [2.75, 3.05) is 0 Å². The average Bonchev–Trinajstić information content (AvgIpc) is 2.68. The molecule has 1 aliphatic heterocycles. The van der Waals surface area contributed by atoms with Crippen molar-refractivity contribution in [3.05, 3.63) is 47.0 Å². The Labute approximate surface area is 107 Å². The van der Waals surface area contributed by atoms with Gasteiger partial charge in [0, 0.05) is 11.6 Å². The van der Waals surface area contributed by atoms with E-state index in [-0.39, 0.29) is 11.1 Å². The van der Waals surface area contributed by atoms with Crippen molar-refractivity contribution in [3.63, 3.8) is 0 Å². The Bertz CT molecular complexity index is 694. The van der Waals surface area contributed by atoms with Gasteiger partial charge in [-0.3, -0.25) is 19.9 Å². The summed E-state index contributed by atoms with van der Waals surface area (Å²) in [6.07, 6.45) is 3.36. The number of rotatable bonds is 1. The SMILES string of the molecule is O=C1NC(=O)C(=Cc2cnc3ccccc3c2)S1. The van der Waals surface area contributed by atoms with Crippen LogP contribution in [0.2, 0.25) is 0 Å². The molecule has 1 fully saturated rings. The number of thioether (sulfide) groups is 1. The molecule has 2 heterocycles. The maximum Gasteiger partial charge on any atom is 0.290 e. The second-order valence-corrected chi connectivity index (χ2v) is 4.83. The Kier molecular flexibility index (Phi) is 2.60. The first-order chi connectivity index (χ1) is 8.72. The second kappa shape index (κ2) is 4.27. The second-order valence-electron chi connectivity index (χ2n) is 3.81. The number of hydrogen-bond donors (Lipinski definition) is 1. The Morgan fingerprint density at radius 2 is 2.06 bits per heavy atom. The summed E-state index contributed by atoms with van der Waals surface area (Å²) in [5.41, 5.74) is 1.71. The lowest BCUT2D eigenvalue weighted by molar-refractivity contribution is -0.115. The predicted octanol–water partition coefficient (Wildman–Crippen LogP) is 2.56. The van der Waals surface area contributed by atoms with Gasteiger partial charge in [-0.05, 0) is 35.5 Å². The molecule has 5 heteroatoms. The molecule has 18 heavy (non-hydrogen) atoms. The van der Waals surface area contributed by atoms with Crippen LogP contribution in [0.15, 0.2) is 41.4 Å². The van der Waals surface area contributed by atoms with Gasteiger partial charge in [0.15, 0.2) is 0 Å². The molecule has 3 rings (SSSR count). The highest BCUT2D eigenvalue weighted by molar-refractivity contribution is 8.18. The Hall–Kier alpha value is -2.14. The Balaban J connectivity index is 2.02. The molecule has 2 aromatic rings. The Morgan fingerprint density at radius 3 is 2.83 bits per heavy atom. The number of amides is 2. The van der Waals surface area contributed by atoms with E-state index in [0.717, 1.165) is 28.2 Å². The number of carbonyl (C=O) groups is 2. The molecule has 0 saturated carbocycles. The van der Waals surface area contributed by atoms with Crippen molar-refractivity contribution >= 4 is 39.9 Å². The Morgan fingerprint density at radius 1 is 1.22 bits per heavy atom. The van der Waals surface area contributed by atoms with Crippen molar-refractivity contribution in [1.82, 2.24) is 10.3 Å². The number of para-hydroxylation sites is 1. The van der Waals surface area contributed by atoms with E-state index in [1.807, 2.05) is 30.3 Å². The van der Waals surface area contributed by atoms with Crippen LogP contribution in [0, 0.1) is 0 Å². The maximum absolute atomic E-state index is 11.4. The molecular weight excluding hydrogens is 248 g/mol. The van der Waals surface area contributed by atoms with Gasteiger partial charge in [-0.1, -0.05) is 18.2 Å². The van der Waals surface area contributed by atoms with Crippen LogP contribution in [0.25, 0.3) is 17.0 Å². The van der Waals surface area contributed by atoms with Crippen molar-refractivity contribution < 1.29 is 9.59 Å². The topological polar surface area (TPSA) is 59.1 Å². The molecule has 1 aromatic carbocycles. The van der Waals surface area contributed by atoms with Crippen LogP contribution in [-0.2, 0) is 4.79 Å². The zero-order chi connectivity index (χ0) is 12.5. The van der Waals surface area contributed by atoms with Gasteiger partial charge in [-0.2, -0.15) is 0 Å². The third-order valence-corrected chi connectivity index (χ3v) is 3.36. The summed E-state index contributed by atoms with van der Waals surface area (Å²) >= 11 is 0.908. The van der Waals surface area contributed by atoms with Crippen molar-refractivity contribution in [2.45, 2.75) is 0 Å². The van der Waals surface area contributed by atoms with Crippen LogP contribution in [-0.4, -0.2) is 16.1 Å². The fourth-order valence-corrected chi connectivity index (χ4v) is 2.42. The molecule has 4 nitrogen and oxygen atoms in total. The number of pyridine rings is 1. The first kappa shape index (κ1) is 11.0. The molecule has 0 spiro atoms. The normalized spacial score (nSPS) is 17.4. The molecule has 2 amide bonds. The lowest BCUT2D eigenvalue weighted by Gasteiger charge is -1.98. The predicted molar refractivity (Wildman–Crippen MR) is 70.8 cm³/mol. The van der Waals surface area contributed by atoms with Crippen LogP contribution < -0.4 is 5.32 Å². The van der Waals surface area contributed by atoms with Crippen LogP contribution in [0.1, 0.15) is 5.56 Å². The summed E-state index contributed by atoms with van der Waals surface area (Å²) in [6, 6.07) is 9.67. The van der Waals surface area contributed by atoms with Gasteiger partial charge in [0.05, 0.1) is 10.4 Å². The van der Waals surface area contributed by atoms with E-state index in [0.29, 0.717) is 4.91 Å². The summed E-state index contributed by atoms with van der Waals surface area (Å²) in [4.78, 5) is 27.1. The quantitative estimate of drug-likeness (QED) is 0.797. The van der Waals surface area contributed by atoms with Gasteiger partial charge in [0.2, 0.25) is 0 Å². The highest BCUT2D eigenvalue weighted by atomic mass is 32.2. The highest BCUT2D eigenvalue weighted by Crippen LogP contribution is 2.26. The van der Waals surface area contributed by atoms with Gasteiger partial charge in [0.25, 0.3) is 11.1 Å². The number of benzene rings is 1. The highest BCUT2D eigenvalue weighted by Gasteiger charge is 2.24. The van der Waals surface area contributed by atoms with Crippen LogP contribution >= 0.6 is 11.8 Å². The van der Waals surface area contributed by atoms with E-state index in [2.05, 4.69) is 10.3 Å². The van der Waals surface area contributed by atoms with Gasteiger partial charge < -0.3 is 0 Å². The van der Waals surface area contributed by atoms with E-state index < -0.39 is 0 Å². The first-order valence-electron chi connectivity index (χ1n) is 5.32. The molecule has 1 aromatic heterocycles. The average molecular weight is 256 g/mol. The van der Waals surface area contributed by atoms with Crippen molar-refractivity contribution in [1.29, 1.82) is 0 Å². The number of carbonyl (C=O) groups excluding carboxylic acids is 2. The third kappa shape index (κ3) is 2.00. The van der Waals surface area contributed by atoms with Gasteiger partial charge >= 0.3 is 0 Å². The minimum Gasteiger partial charge on any atom is -0.282 e. The number of fused-ring (bicyclic) bond motifs is 1. The van der Waals surface area contributed by atoms with Gasteiger partial charge in [0.1, 0.15) is 0 Å². The molecule has 1 aliphatic rings. The standard InChI is InChI=1S/C13H8N2O2S/c16-12-11(18-13(17)15-12)6-8-5-9-3-1-2-4-10(9)14-7-8/h1-7H,(H,15,16,17). The van der Waals surface area contributed by atoms with E-state index in [9.17, 15) is 9.59 Å². The minimum absolute atomic E-state index is 0.333. The molecule has 0 unspecified atom stereocenters. The number of imide groups is 1. The molecule has 1 saturated heterocycles. The van der Waals surface area contributed by atoms with E-state index >= 15 is 0 Å². The summed E-state index contributed by atoms with van der Waals surface area (Å²) in [7, 11) is 0. The zero-order valence-corrected chi connectivity index (χ0v) is 10.0. The molecule has 0 bridgehead atoms. The van der Waals surface area contributed by atoms with Gasteiger partial charge in [-0.25, -0.2) is 0 Å². The number of nitrogens with zero attached hydrogens (tertiary/aromatic N) is 1. The lowest BCUT2D eigenvalue weighted by Crippen LogP contribution is -2.17. The molecule has 0 aliphatic carbocycles. The fourth-order valence-electron chi connectivity index (χ4n) is 1.74. The van der Waals surface area contributed by atoms with Gasteiger partial charge in [-0.15, -0.1) is 0 Å². The maximum atomic E-state index is 11.4. The zero-order valence-electron chi connectivity index (χ0n) is 9.21. The summed E-state index contributed by atoms with van der Waals surface area (Å²) in [5.74, 6) is -0.349. The molecular formula is C13H8N2O2S. The molecule has 0 atom stereocenters. The van der Waals surface area contributed by atoms with Crippen molar-refractivity contribution in [3.8, 4) is 0 Å². The minimum atomic E-state index is -0.349. The van der Waals surface area contributed by atoms with Crippen LogP contribution in [0.5, 0.6) is 0 Å². The fraction of sp³-hybridized carbons (Fsp3) is 0. The third-order valence-electron chi connectivity index (χ3n) is 2.55. The van der Waals surface area contributed by atoms with Crippen molar-refractivity contribution in [2.24, 2.45) is 0 Å². The molecule has 88 valence electrons. The first-order valence-corrected chi connectivity index (χ1v) is 6.14. The number of nitrogens with one attached hydrogen (secondary N) is 1. The summed E-state index contributed by atoms with van der Waals surface area (Å²) in [6.45, 7) is 0. The monoisotopic (exact) mass is 256 g/mol. The van der Waals surface area contributed by atoms with Crippen LogP contribution in [0.4, 0.5) is 4.79 Å².